The van der Waals surface area contributed by atoms with Crippen LogP contribution in [0.2, 0.25) is 0 Å². The zero-order valence-corrected chi connectivity index (χ0v) is 24.2. The maximum Gasteiger partial charge on any atom is 0.252 e. The molecule has 0 fully saturated rings. The summed E-state index contributed by atoms with van der Waals surface area (Å²) in [6.45, 7) is 4.75. The molecule has 0 amide bonds. The lowest BCUT2D eigenvalue weighted by atomic mass is 10.1. The van der Waals surface area contributed by atoms with Crippen molar-refractivity contribution in [3.05, 3.63) is 106 Å². The molecule has 0 saturated heterocycles. The van der Waals surface area contributed by atoms with Crippen molar-refractivity contribution in [3.63, 3.8) is 0 Å². The Morgan fingerprint density at radius 3 is 2.50 bits per heavy atom. The Morgan fingerprint density at radius 2 is 1.71 bits per heavy atom. The van der Waals surface area contributed by atoms with Gasteiger partial charge in [0.1, 0.15) is 5.75 Å². The number of ether oxygens (including phenoxy) is 3. The fourth-order valence-corrected chi connectivity index (χ4v) is 4.97. The summed E-state index contributed by atoms with van der Waals surface area (Å²) >= 11 is 0. The Bertz CT molecular complexity index is 1670. The van der Waals surface area contributed by atoms with E-state index in [1.165, 1.54) is 5.56 Å². The number of pyridine rings is 1. The molecule has 10 heteroatoms. The van der Waals surface area contributed by atoms with Crippen LogP contribution >= 0.6 is 0 Å². The minimum absolute atomic E-state index is 0.119. The van der Waals surface area contributed by atoms with Crippen molar-refractivity contribution in [3.8, 4) is 17.2 Å². The first-order valence-electron chi connectivity index (χ1n) is 14.1. The number of aryl methyl sites for hydroxylation is 2. The van der Waals surface area contributed by atoms with Crippen LogP contribution in [-0.4, -0.2) is 57.5 Å². The molecule has 0 aliphatic rings. The summed E-state index contributed by atoms with van der Waals surface area (Å²) in [6.07, 6.45) is 1.54. The zero-order valence-electron chi connectivity index (χ0n) is 24.2. The van der Waals surface area contributed by atoms with Crippen molar-refractivity contribution in [2.75, 3.05) is 27.4 Å². The Balaban J connectivity index is 1.39. The topological polar surface area (TPSA) is 107 Å². The number of H-pyrrole nitrogens is 1. The number of rotatable bonds is 14. The normalized spacial score (nSPS) is 11.2. The molecule has 3 aromatic carbocycles. The SMILES string of the molecule is CCOc1ccc2[nH]c(=O)c(CN(CCc3ccc(OC)c(OC)c3)Cc3nnnn3CCc3ccccc3)cc2c1. The molecule has 1 N–H and O–H groups in total. The van der Waals surface area contributed by atoms with E-state index in [4.69, 9.17) is 14.2 Å². The summed E-state index contributed by atoms with van der Waals surface area (Å²) in [5.41, 5.74) is 3.63. The van der Waals surface area contributed by atoms with Crippen LogP contribution in [0.3, 0.4) is 0 Å². The smallest absolute Gasteiger partial charge is 0.252 e. The molecule has 0 saturated carbocycles. The molecule has 10 nitrogen and oxygen atoms in total. The van der Waals surface area contributed by atoms with E-state index >= 15 is 0 Å². The van der Waals surface area contributed by atoms with Crippen LogP contribution in [0, 0.1) is 0 Å². The molecule has 0 radical (unpaired) electrons. The zero-order chi connectivity index (χ0) is 29.3. The number of hydrogen-bond acceptors (Lipinski definition) is 8. The average molecular weight is 569 g/mol. The van der Waals surface area contributed by atoms with E-state index in [9.17, 15) is 4.79 Å². The molecule has 2 heterocycles. The van der Waals surface area contributed by atoms with Crippen molar-refractivity contribution >= 4 is 10.9 Å². The molecule has 0 atom stereocenters. The highest BCUT2D eigenvalue weighted by atomic mass is 16.5. The van der Waals surface area contributed by atoms with Crippen LogP contribution < -0.4 is 19.8 Å². The van der Waals surface area contributed by atoms with Crippen LogP contribution in [0.1, 0.15) is 29.4 Å². The van der Waals surface area contributed by atoms with Gasteiger partial charge in [0.2, 0.25) is 0 Å². The fraction of sp³-hybridized carbons (Fsp3) is 0.312. The Morgan fingerprint density at radius 1 is 0.881 bits per heavy atom. The molecule has 2 aromatic heterocycles. The predicted octanol–water partition coefficient (Wildman–Crippen LogP) is 4.42. The van der Waals surface area contributed by atoms with E-state index in [-0.39, 0.29) is 5.56 Å². The molecule has 218 valence electrons. The van der Waals surface area contributed by atoms with Gasteiger partial charge in [0, 0.05) is 36.1 Å². The first-order chi connectivity index (χ1) is 20.6. The van der Waals surface area contributed by atoms with Gasteiger partial charge < -0.3 is 19.2 Å². The summed E-state index contributed by atoms with van der Waals surface area (Å²) in [4.78, 5) is 18.4. The van der Waals surface area contributed by atoms with Crippen molar-refractivity contribution in [2.45, 2.75) is 39.4 Å². The minimum Gasteiger partial charge on any atom is -0.494 e. The lowest BCUT2D eigenvalue weighted by molar-refractivity contribution is 0.247. The van der Waals surface area contributed by atoms with Crippen LogP contribution in [0.5, 0.6) is 17.2 Å². The first kappa shape index (κ1) is 28.8. The largest absolute Gasteiger partial charge is 0.494 e. The molecule has 0 aliphatic carbocycles. The monoisotopic (exact) mass is 568 g/mol. The van der Waals surface area contributed by atoms with Crippen LogP contribution in [0.25, 0.3) is 10.9 Å². The van der Waals surface area contributed by atoms with Gasteiger partial charge in [-0.15, -0.1) is 5.10 Å². The number of fused-ring (bicyclic) bond motifs is 1. The average Bonchev–Trinajstić information content (AvgIpc) is 3.46. The summed E-state index contributed by atoms with van der Waals surface area (Å²) in [5, 5.41) is 13.5. The number of tetrazole rings is 1. The predicted molar refractivity (Wildman–Crippen MR) is 161 cm³/mol. The van der Waals surface area contributed by atoms with Gasteiger partial charge in [-0.1, -0.05) is 36.4 Å². The van der Waals surface area contributed by atoms with Gasteiger partial charge in [0.25, 0.3) is 5.56 Å². The third-order valence-electron chi connectivity index (χ3n) is 7.19. The highest BCUT2D eigenvalue weighted by Gasteiger charge is 2.16. The second-order valence-electron chi connectivity index (χ2n) is 10.0. The van der Waals surface area contributed by atoms with Crippen LogP contribution in [-0.2, 0) is 32.5 Å². The number of benzene rings is 3. The van der Waals surface area contributed by atoms with E-state index in [1.807, 2.05) is 72.3 Å². The molecule has 0 unspecified atom stereocenters. The van der Waals surface area contributed by atoms with Crippen molar-refractivity contribution in [1.29, 1.82) is 0 Å². The number of nitrogens with one attached hydrogen (secondary N) is 1. The maximum absolute atomic E-state index is 13.1. The van der Waals surface area contributed by atoms with E-state index < -0.39 is 0 Å². The van der Waals surface area contributed by atoms with Crippen molar-refractivity contribution < 1.29 is 14.2 Å². The number of methoxy groups -OCH3 is 2. The second kappa shape index (κ2) is 13.8. The van der Waals surface area contributed by atoms with Gasteiger partial charge in [-0.25, -0.2) is 4.68 Å². The van der Waals surface area contributed by atoms with Crippen molar-refractivity contribution in [1.82, 2.24) is 30.1 Å². The van der Waals surface area contributed by atoms with Gasteiger partial charge in [-0.3, -0.25) is 9.69 Å². The minimum atomic E-state index is -0.119. The van der Waals surface area contributed by atoms with Crippen LogP contribution in [0.15, 0.2) is 77.6 Å². The van der Waals surface area contributed by atoms with Gasteiger partial charge >= 0.3 is 0 Å². The van der Waals surface area contributed by atoms with Crippen LogP contribution in [0.4, 0.5) is 0 Å². The van der Waals surface area contributed by atoms with Gasteiger partial charge in [0.15, 0.2) is 17.3 Å². The summed E-state index contributed by atoms with van der Waals surface area (Å²) in [7, 11) is 3.26. The molecule has 5 rings (SSSR count). The van der Waals surface area contributed by atoms with E-state index in [1.54, 1.807) is 14.2 Å². The molecule has 0 bridgehead atoms. The molecular formula is C32H36N6O4. The lowest BCUT2D eigenvalue weighted by Crippen LogP contribution is -2.30. The van der Waals surface area contributed by atoms with E-state index in [0.717, 1.165) is 40.9 Å². The summed E-state index contributed by atoms with van der Waals surface area (Å²) in [5.74, 6) is 2.88. The third-order valence-corrected chi connectivity index (χ3v) is 7.19. The summed E-state index contributed by atoms with van der Waals surface area (Å²) < 4.78 is 18.4. The lowest BCUT2D eigenvalue weighted by Gasteiger charge is -2.22. The molecule has 5 aromatic rings. The summed E-state index contributed by atoms with van der Waals surface area (Å²) in [6, 6.07) is 23.8. The fourth-order valence-electron chi connectivity index (χ4n) is 4.97. The Kier molecular flexibility index (Phi) is 9.45. The number of aromatic nitrogens is 5. The number of hydrogen-bond donors (Lipinski definition) is 1. The van der Waals surface area contributed by atoms with Gasteiger partial charge in [0.05, 0.1) is 27.4 Å². The highest BCUT2D eigenvalue weighted by Crippen LogP contribution is 2.28. The molecular weight excluding hydrogens is 532 g/mol. The van der Waals surface area contributed by atoms with E-state index in [0.29, 0.717) is 49.8 Å². The highest BCUT2D eigenvalue weighted by molar-refractivity contribution is 5.80. The maximum atomic E-state index is 13.1. The third kappa shape index (κ3) is 7.13. The Hall–Kier alpha value is -4.70. The standard InChI is InChI=1S/C32H36N6O4/c1-4-42-27-11-12-28-25(20-27)19-26(32(39)33-28)21-37(16-14-24-10-13-29(40-2)30(18-24)41-3)22-31-34-35-36-38(31)17-15-23-8-6-5-7-9-23/h5-13,18-20H,4,14-17,21-22H2,1-3H3,(H,33,39). The molecule has 0 aliphatic heterocycles. The first-order valence-corrected chi connectivity index (χ1v) is 14.1. The van der Waals surface area contributed by atoms with E-state index in [2.05, 4.69) is 37.5 Å². The quantitative estimate of drug-likeness (QED) is 0.210. The van der Waals surface area contributed by atoms with Gasteiger partial charge in [-0.2, -0.15) is 0 Å². The van der Waals surface area contributed by atoms with Crippen molar-refractivity contribution in [2.24, 2.45) is 0 Å². The number of nitrogens with zero attached hydrogens (tertiary/aromatic N) is 5. The molecule has 0 spiro atoms. The second-order valence-corrected chi connectivity index (χ2v) is 10.0. The Labute approximate surface area is 244 Å². The molecule has 42 heavy (non-hydrogen) atoms. The number of aromatic amines is 1. The van der Waals surface area contributed by atoms with Gasteiger partial charge in [-0.05, 0) is 77.7 Å².